The molecule has 1 fully saturated rings. The Morgan fingerprint density at radius 1 is 1.29 bits per heavy atom. The molecular weight excluding hydrogens is 308 g/mol. The van der Waals surface area contributed by atoms with Crippen molar-refractivity contribution in [1.82, 2.24) is 5.32 Å². The maximum atomic E-state index is 11.8. The van der Waals surface area contributed by atoms with E-state index in [0.717, 1.165) is 5.56 Å². The molecule has 1 aliphatic heterocycles. The smallest absolute Gasteiger partial charge is 0.230 e. The number of benzene rings is 1. The third-order valence-electron chi connectivity index (χ3n) is 3.71. The first-order chi connectivity index (χ1) is 11.4. The van der Waals surface area contributed by atoms with E-state index in [-0.39, 0.29) is 30.1 Å². The van der Waals surface area contributed by atoms with Gasteiger partial charge in [-0.3, -0.25) is 19.7 Å². The lowest BCUT2D eigenvalue weighted by Gasteiger charge is -2.09. The molecule has 2 N–H and O–H groups in total. The fraction of sp³-hybridized carbons (Fsp3) is 0.500. The summed E-state index contributed by atoms with van der Waals surface area (Å²) in [5, 5.41) is 5.12. The second-order valence-corrected chi connectivity index (χ2v) is 6.48. The second-order valence-electron chi connectivity index (χ2n) is 6.48. The number of carbonyl (C=O) groups excluding carboxylic acids is 3. The number of hydrogen-bond acceptors (Lipinski definition) is 4. The zero-order valence-corrected chi connectivity index (χ0v) is 14.1. The molecular formula is C18H24N2O4. The van der Waals surface area contributed by atoms with E-state index in [9.17, 15) is 14.4 Å². The van der Waals surface area contributed by atoms with Gasteiger partial charge in [-0.25, -0.2) is 0 Å². The number of ether oxygens (including phenoxy) is 1. The van der Waals surface area contributed by atoms with Crippen LogP contribution in [0.5, 0.6) is 0 Å². The highest BCUT2D eigenvalue weighted by Crippen LogP contribution is 2.19. The minimum absolute atomic E-state index is 0.0905. The fourth-order valence-corrected chi connectivity index (χ4v) is 2.49. The van der Waals surface area contributed by atoms with Crippen molar-refractivity contribution in [2.24, 2.45) is 11.8 Å². The van der Waals surface area contributed by atoms with Crippen molar-refractivity contribution in [3.8, 4) is 0 Å². The summed E-state index contributed by atoms with van der Waals surface area (Å²) in [6.07, 6.45) is 1.08. The molecule has 1 aromatic carbocycles. The number of carbonyl (C=O) groups is 3. The molecule has 1 saturated heterocycles. The molecule has 0 bridgehead atoms. The Balaban J connectivity index is 1.76. The van der Waals surface area contributed by atoms with Crippen LogP contribution in [0.25, 0.3) is 0 Å². The number of nitrogens with one attached hydrogen (secondary N) is 2. The van der Waals surface area contributed by atoms with Gasteiger partial charge in [0.15, 0.2) is 0 Å². The number of hydrogen-bond donors (Lipinski definition) is 2. The molecule has 0 aromatic heterocycles. The van der Waals surface area contributed by atoms with Gasteiger partial charge in [0.2, 0.25) is 17.7 Å². The molecule has 0 radical (unpaired) electrons. The molecule has 6 heteroatoms. The van der Waals surface area contributed by atoms with Crippen molar-refractivity contribution in [1.29, 1.82) is 0 Å². The zero-order chi connectivity index (χ0) is 17.5. The summed E-state index contributed by atoms with van der Waals surface area (Å²) in [6, 6.07) is 7.33. The third-order valence-corrected chi connectivity index (χ3v) is 3.71. The van der Waals surface area contributed by atoms with Crippen LogP contribution >= 0.6 is 0 Å². The normalized spacial score (nSPS) is 17.2. The standard InChI is InChI=1S/C18H24N2O4/c1-12(2)11-24-8-7-16(21)19-15-5-3-13(4-6-15)9-14-10-17(22)20-18(14)23/h3-6,12,14H,7-11H2,1-2H3,(H,19,21)(H,20,22,23). The number of rotatable bonds is 8. The molecule has 6 nitrogen and oxygen atoms in total. The van der Waals surface area contributed by atoms with Crippen LogP contribution in [0.15, 0.2) is 24.3 Å². The van der Waals surface area contributed by atoms with Crippen molar-refractivity contribution in [2.45, 2.75) is 33.1 Å². The number of anilines is 1. The topological polar surface area (TPSA) is 84.5 Å². The molecule has 1 atom stereocenters. The van der Waals surface area contributed by atoms with Gasteiger partial charge in [-0.05, 0) is 30.0 Å². The van der Waals surface area contributed by atoms with Gasteiger partial charge in [0.05, 0.1) is 18.9 Å². The lowest BCUT2D eigenvalue weighted by Crippen LogP contribution is -2.22. The van der Waals surface area contributed by atoms with Crippen LogP contribution in [0, 0.1) is 11.8 Å². The fourth-order valence-electron chi connectivity index (χ4n) is 2.49. The molecule has 3 amide bonds. The van der Waals surface area contributed by atoms with E-state index in [4.69, 9.17) is 4.74 Å². The van der Waals surface area contributed by atoms with E-state index < -0.39 is 0 Å². The lowest BCUT2D eigenvalue weighted by molar-refractivity contribution is -0.125. The molecule has 0 spiro atoms. The van der Waals surface area contributed by atoms with Crippen LogP contribution in [0.1, 0.15) is 32.3 Å². The van der Waals surface area contributed by atoms with Gasteiger partial charge in [-0.15, -0.1) is 0 Å². The van der Waals surface area contributed by atoms with Crippen LogP contribution in [0.3, 0.4) is 0 Å². The lowest BCUT2D eigenvalue weighted by atomic mass is 9.98. The second kappa shape index (κ2) is 8.59. The summed E-state index contributed by atoms with van der Waals surface area (Å²) in [5.74, 6) is -0.353. The largest absolute Gasteiger partial charge is 0.381 e. The summed E-state index contributed by atoms with van der Waals surface area (Å²) in [7, 11) is 0. The number of imide groups is 1. The average Bonchev–Trinajstić information content (AvgIpc) is 2.83. The predicted octanol–water partition coefficient (Wildman–Crippen LogP) is 1.89. The highest BCUT2D eigenvalue weighted by atomic mass is 16.5. The van der Waals surface area contributed by atoms with Gasteiger partial charge >= 0.3 is 0 Å². The molecule has 0 saturated carbocycles. The van der Waals surface area contributed by atoms with E-state index in [1.807, 2.05) is 12.1 Å². The molecule has 130 valence electrons. The van der Waals surface area contributed by atoms with E-state index >= 15 is 0 Å². The van der Waals surface area contributed by atoms with Gasteiger partial charge < -0.3 is 10.1 Å². The van der Waals surface area contributed by atoms with Crippen LogP contribution in [-0.2, 0) is 25.5 Å². The van der Waals surface area contributed by atoms with Crippen LogP contribution < -0.4 is 10.6 Å². The van der Waals surface area contributed by atoms with Gasteiger partial charge in [-0.1, -0.05) is 26.0 Å². The molecule has 0 aliphatic carbocycles. The summed E-state index contributed by atoms with van der Waals surface area (Å²) >= 11 is 0. The highest BCUT2D eigenvalue weighted by Gasteiger charge is 2.30. The Bertz CT molecular complexity index is 596. The Hall–Kier alpha value is -2.21. The van der Waals surface area contributed by atoms with Crippen molar-refractivity contribution in [3.05, 3.63) is 29.8 Å². The average molecular weight is 332 g/mol. The molecule has 1 unspecified atom stereocenters. The van der Waals surface area contributed by atoms with Gasteiger partial charge in [-0.2, -0.15) is 0 Å². The van der Waals surface area contributed by atoms with Gasteiger partial charge in [0, 0.05) is 18.7 Å². The minimum atomic E-state index is -0.295. The van der Waals surface area contributed by atoms with Gasteiger partial charge in [0.1, 0.15) is 0 Å². The van der Waals surface area contributed by atoms with Crippen LogP contribution in [0.2, 0.25) is 0 Å². The minimum Gasteiger partial charge on any atom is -0.381 e. The molecule has 1 aliphatic rings. The molecule has 1 heterocycles. The van der Waals surface area contributed by atoms with Crippen LogP contribution in [-0.4, -0.2) is 30.9 Å². The third kappa shape index (κ3) is 5.77. The summed E-state index contributed by atoms with van der Waals surface area (Å²) in [6.45, 7) is 5.19. The first-order valence-corrected chi connectivity index (χ1v) is 8.24. The van der Waals surface area contributed by atoms with E-state index in [0.29, 0.717) is 37.7 Å². The quantitative estimate of drug-likeness (QED) is 0.562. The Labute approximate surface area is 142 Å². The molecule has 2 rings (SSSR count). The van der Waals surface area contributed by atoms with E-state index in [1.165, 1.54) is 0 Å². The zero-order valence-electron chi connectivity index (χ0n) is 14.1. The summed E-state index contributed by atoms with van der Waals surface area (Å²) in [5.41, 5.74) is 1.67. The van der Waals surface area contributed by atoms with Crippen molar-refractivity contribution in [2.75, 3.05) is 18.5 Å². The monoisotopic (exact) mass is 332 g/mol. The maximum Gasteiger partial charge on any atom is 0.230 e. The first kappa shape index (κ1) is 18.1. The van der Waals surface area contributed by atoms with Gasteiger partial charge in [0.25, 0.3) is 0 Å². The Morgan fingerprint density at radius 2 is 2.00 bits per heavy atom. The Kier molecular flexibility index (Phi) is 6.49. The summed E-state index contributed by atoms with van der Waals surface area (Å²) in [4.78, 5) is 34.6. The van der Waals surface area contributed by atoms with E-state index in [1.54, 1.807) is 12.1 Å². The number of amides is 3. The summed E-state index contributed by atoms with van der Waals surface area (Å²) < 4.78 is 5.39. The SMILES string of the molecule is CC(C)COCCC(=O)Nc1ccc(CC2CC(=O)NC2=O)cc1. The van der Waals surface area contributed by atoms with Crippen molar-refractivity contribution >= 4 is 23.4 Å². The maximum absolute atomic E-state index is 11.8. The molecule has 1 aromatic rings. The predicted molar refractivity (Wildman–Crippen MR) is 90.3 cm³/mol. The Morgan fingerprint density at radius 3 is 2.58 bits per heavy atom. The highest BCUT2D eigenvalue weighted by molar-refractivity contribution is 6.03. The van der Waals surface area contributed by atoms with E-state index in [2.05, 4.69) is 24.5 Å². The van der Waals surface area contributed by atoms with Crippen LogP contribution in [0.4, 0.5) is 5.69 Å². The first-order valence-electron chi connectivity index (χ1n) is 8.24. The van der Waals surface area contributed by atoms with Crippen molar-refractivity contribution < 1.29 is 19.1 Å². The van der Waals surface area contributed by atoms with Crippen molar-refractivity contribution in [3.63, 3.8) is 0 Å². The molecule has 24 heavy (non-hydrogen) atoms.